The van der Waals surface area contributed by atoms with Gasteiger partial charge in [-0.15, -0.1) is 5.10 Å². The molecule has 3 aromatic rings. The Bertz CT molecular complexity index is 1030. The summed E-state index contributed by atoms with van der Waals surface area (Å²) in [5, 5.41) is 4.42. The number of thiazole rings is 1. The molecule has 6 heteroatoms. The molecule has 2 aromatic heterocycles. The highest BCUT2D eigenvalue weighted by Gasteiger charge is 2.14. The van der Waals surface area contributed by atoms with E-state index < -0.39 is 0 Å². The van der Waals surface area contributed by atoms with Gasteiger partial charge >= 0.3 is 0 Å². The number of rotatable bonds is 5. The molecule has 1 atom stereocenters. The van der Waals surface area contributed by atoms with Gasteiger partial charge in [0.1, 0.15) is 5.75 Å². The van der Waals surface area contributed by atoms with Crippen molar-refractivity contribution < 1.29 is 4.74 Å². The summed E-state index contributed by atoms with van der Waals surface area (Å²) in [5.74, 6) is 1.84. The van der Waals surface area contributed by atoms with Crippen molar-refractivity contribution in [3.05, 3.63) is 51.3 Å². The van der Waals surface area contributed by atoms with Crippen LogP contribution in [0.25, 0.3) is 22.4 Å². The summed E-state index contributed by atoms with van der Waals surface area (Å²) in [6, 6.07) is 7.68. The fraction of sp³-hybridized carbons (Fsp3) is 0.350. The molecule has 1 unspecified atom stereocenters. The second-order valence-corrected chi connectivity index (χ2v) is 7.49. The van der Waals surface area contributed by atoms with Crippen molar-refractivity contribution in [3.63, 3.8) is 0 Å². The van der Waals surface area contributed by atoms with Crippen LogP contribution in [0.2, 0.25) is 0 Å². The molecule has 0 fully saturated rings. The first kappa shape index (κ1) is 17.0. The molecule has 2 heterocycles. The van der Waals surface area contributed by atoms with Crippen LogP contribution in [0.15, 0.2) is 41.2 Å². The predicted octanol–water partition coefficient (Wildman–Crippen LogP) is 3.46. The summed E-state index contributed by atoms with van der Waals surface area (Å²) in [6.45, 7) is 2.78. The predicted molar refractivity (Wildman–Crippen MR) is 105 cm³/mol. The first-order valence-corrected chi connectivity index (χ1v) is 9.86. The van der Waals surface area contributed by atoms with Gasteiger partial charge in [-0.1, -0.05) is 36.5 Å². The molecule has 5 nitrogen and oxygen atoms in total. The van der Waals surface area contributed by atoms with E-state index in [1.807, 2.05) is 24.3 Å². The van der Waals surface area contributed by atoms with Gasteiger partial charge in [-0.25, -0.2) is 0 Å². The number of aromatic nitrogens is 3. The van der Waals surface area contributed by atoms with Crippen LogP contribution in [-0.4, -0.2) is 21.2 Å². The third kappa shape index (κ3) is 3.42. The van der Waals surface area contributed by atoms with E-state index in [1.165, 1.54) is 15.9 Å². The molecule has 0 saturated carbocycles. The highest BCUT2D eigenvalue weighted by Crippen LogP contribution is 2.21. The van der Waals surface area contributed by atoms with Gasteiger partial charge in [-0.3, -0.25) is 4.79 Å². The lowest BCUT2D eigenvalue weighted by Gasteiger charge is -2.11. The van der Waals surface area contributed by atoms with Gasteiger partial charge in [-0.05, 0) is 55.9 Å². The fourth-order valence-corrected chi connectivity index (χ4v) is 4.05. The second kappa shape index (κ2) is 7.41. The molecule has 1 aromatic carbocycles. The zero-order valence-corrected chi connectivity index (χ0v) is 15.5. The van der Waals surface area contributed by atoms with Gasteiger partial charge in [-0.2, -0.15) is 9.50 Å². The Morgan fingerprint density at radius 1 is 1.31 bits per heavy atom. The Morgan fingerprint density at radius 2 is 2.15 bits per heavy atom. The fourth-order valence-electron chi connectivity index (χ4n) is 3.07. The smallest absolute Gasteiger partial charge is 0.290 e. The van der Waals surface area contributed by atoms with Crippen LogP contribution in [0.3, 0.4) is 0 Å². The largest absolute Gasteiger partial charge is 0.494 e. The highest BCUT2D eigenvalue weighted by molar-refractivity contribution is 7.15. The zero-order valence-electron chi connectivity index (χ0n) is 14.7. The van der Waals surface area contributed by atoms with Gasteiger partial charge in [0.05, 0.1) is 11.1 Å². The lowest BCUT2D eigenvalue weighted by Crippen LogP contribution is -2.25. The first-order valence-electron chi connectivity index (χ1n) is 9.04. The van der Waals surface area contributed by atoms with Crippen LogP contribution in [0.5, 0.6) is 5.75 Å². The Balaban J connectivity index is 1.61. The lowest BCUT2D eigenvalue weighted by atomic mass is 9.94. The van der Waals surface area contributed by atoms with Crippen LogP contribution in [-0.2, 0) is 0 Å². The Hall–Kier alpha value is -2.47. The van der Waals surface area contributed by atoms with Gasteiger partial charge < -0.3 is 4.74 Å². The number of ether oxygens (including phenoxy) is 1. The minimum absolute atomic E-state index is 0.0683. The third-order valence-electron chi connectivity index (χ3n) is 4.46. The monoisotopic (exact) mass is 367 g/mol. The van der Waals surface area contributed by atoms with Gasteiger partial charge in [0.25, 0.3) is 5.56 Å². The maximum atomic E-state index is 12.6. The average Bonchev–Trinajstić information content (AvgIpc) is 3.21. The maximum absolute atomic E-state index is 12.6. The third-order valence-corrected chi connectivity index (χ3v) is 5.44. The summed E-state index contributed by atoms with van der Waals surface area (Å²) in [5.41, 5.74) is 0.813. The summed E-state index contributed by atoms with van der Waals surface area (Å²) in [4.78, 5) is 17.8. The number of benzene rings is 1. The van der Waals surface area contributed by atoms with Crippen molar-refractivity contribution in [1.82, 2.24) is 14.6 Å². The SMILES string of the molecule is CCCOc1ccc(-c2nc3s/c(=C\C4CC=CCC4)c(=O)n3n2)cc1. The number of hydrogen-bond acceptors (Lipinski definition) is 5. The van der Waals surface area contributed by atoms with Crippen molar-refractivity contribution in [2.45, 2.75) is 32.6 Å². The van der Waals surface area contributed by atoms with Gasteiger partial charge in [0.15, 0.2) is 5.82 Å². The molecule has 0 amide bonds. The molecule has 0 saturated heterocycles. The molecule has 1 aliphatic rings. The van der Waals surface area contributed by atoms with Crippen LogP contribution in [0.4, 0.5) is 0 Å². The van der Waals surface area contributed by atoms with E-state index >= 15 is 0 Å². The minimum atomic E-state index is -0.0683. The van der Waals surface area contributed by atoms with Crippen LogP contribution in [0.1, 0.15) is 32.6 Å². The highest BCUT2D eigenvalue weighted by atomic mass is 32.1. The zero-order chi connectivity index (χ0) is 17.9. The molecular weight excluding hydrogens is 346 g/mol. The van der Waals surface area contributed by atoms with Crippen molar-refractivity contribution in [2.75, 3.05) is 6.61 Å². The maximum Gasteiger partial charge on any atom is 0.290 e. The number of fused-ring (bicyclic) bond motifs is 1. The number of allylic oxidation sites excluding steroid dienone is 2. The van der Waals surface area contributed by atoms with Crippen molar-refractivity contribution in [2.24, 2.45) is 5.92 Å². The molecule has 134 valence electrons. The first-order chi connectivity index (χ1) is 12.7. The summed E-state index contributed by atoms with van der Waals surface area (Å²) in [7, 11) is 0. The van der Waals surface area contributed by atoms with Gasteiger partial charge in [0.2, 0.25) is 4.96 Å². The molecular formula is C20H21N3O2S. The molecule has 0 aliphatic heterocycles. The average molecular weight is 367 g/mol. The summed E-state index contributed by atoms with van der Waals surface area (Å²) < 4.78 is 7.76. The standard InChI is InChI=1S/C20H21N3O2S/c1-2-12-25-16-10-8-15(9-11-16)18-21-20-23(22-18)19(24)17(26-20)13-14-6-4-3-5-7-14/h3-4,8-11,13-14H,2,5-7,12H2,1H3/b17-13-. The van der Waals surface area contributed by atoms with Crippen LogP contribution in [0, 0.1) is 5.92 Å². The van der Waals surface area contributed by atoms with E-state index in [9.17, 15) is 4.79 Å². The Kier molecular flexibility index (Phi) is 4.84. The minimum Gasteiger partial charge on any atom is -0.494 e. The molecule has 0 radical (unpaired) electrons. The molecule has 4 rings (SSSR count). The van der Waals surface area contributed by atoms with Crippen LogP contribution >= 0.6 is 11.3 Å². The second-order valence-electron chi connectivity index (χ2n) is 6.49. The van der Waals surface area contributed by atoms with Crippen molar-refractivity contribution in [1.29, 1.82) is 0 Å². The molecule has 1 aliphatic carbocycles. The van der Waals surface area contributed by atoms with E-state index in [1.54, 1.807) is 0 Å². The lowest BCUT2D eigenvalue weighted by molar-refractivity contribution is 0.317. The molecule has 0 N–H and O–H groups in total. The van der Waals surface area contributed by atoms with E-state index in [-0.39, 0.29) is 5.56 Å². The van der Waals surface area contributed by atoms with E-state index in [0.717, 1.165) is 41.5 Å². The van der Waals surface area contributed by atoms with Crippen molar-refractivity contribution >= 4 is 22.4 Å². The molecule has 26 heavy (non-hydrogen) atoms. The molecule has 0 spiro atoms. The quantitative estimate of drug-likeness (QED) is 0.648. The van der Waals surface area contributed by atoms with Crippen LogP contribution < -0.4 is 14.8 Å². The number of nitrogens with zero attached hydrogens (tertiary/aromatic N) is 3. The van der Waals surface area contributed by atoms with Crippen molar-refractivity contribution in [3.8, 4) is 17.1 Å². The van der Waals surface area contributed by atoms with Gasteiger partial charge in [0, 0.05) is 5.56 Å². The van der Waals surface area contributed by atoms with E-state index in [0.29, 0.717) is 23.3 Å². The topological polar surface area (TPSA) is 56.5 Å². The van der Waals surface area contributed by atoms with E-state index in [2.05, 4.69) is 35.2 Å². The normalized spacial score (nSPS) is 17.9. The Labute approximate surface area is 155 Å². The van der Waals surface area contributed by atoms with E-state index in [4.69, 9.17) is 4.74 Å². The number of hydrogen-bond donors (Lipinski definition) is 0. The molecule has 0 bridgehead atoms. The summed E-state index contributed by atoms with van der Waals surface area (Å²) >= 11 is 1.42. The summed E-state index contributed by atoms with van der Waals surface area (Å²) in [6.07, 6.45) is 10.6. The Morgan fingerprint density at radius 3 is 2.85 bits per heavy atom.